The number of hydrogen-bond acceptors (Lipinski definition) is 4. The van der Waals surface area contributed by atoms with Gasteiger partial charge in [0.15, 0.2) is 0 Å². The van der Waals surface area contributed by atoms with Crippen LogP contribution in [0.25, 0.3) is 0 Å². The predicted octanol–water partition coefficient (Wildman–Crippen LogP) is 0.754. The molecule has 1 rings (SSSR count). The van der Waals surface area contributed by atoms with Gasteiger partial charge in [-0.2, -0.15) is 4.99 Å². The van der Waals surface area contributed by atoms with Gasteiger partial charge in [0, 0.05) is 10.5 Å². The summed E-state index contributed by atoms with van der Waals surface area (Å²) in [5.41, 5.74) is 0.690. The Morgan fingerprint density at radius 2 is 2.15 bits per heavy atom. The Morgan fingerprint density at radius 3 is 2.69 bits per heavy atom. The molecule has 1 aromatic rings. The standard InChI is InChI=1S/C7H5BClNO2S/c9-7-2-1-5(10-4-13)3-6(7)8(11)12/h1-3,11-12H. The molecule has 66 valence electrons. The van der Waals surface area contributed by atoms with Gasteiger partial charge in [-0.25, -0.2) is 0 Å². The molecule has 13 heavy (non-hydrogen) atoms. The van der Waals surface area contributed by atoms with Gasteiger partial charge < -0.3 is 10.0 Å². The highest BCUT2D eigenvalue weighted by atomic mass is 35.5. The van der Waals surface area contributed by atoms with Crippen molar-refractivity contribution in [3.05, 3.63) is 23.2 Å². The highest BCUT2D eigenvalue weighted by Crippen LogP contribution is 2.14. The van der Waals surface area contributed by atoms with E-state index in [9.17, 15) is 0 Å². The van der Waals surface area contributed by atoms with E-state index < -0.39 is 7.12 Å². The minimum absolute atomic E-state index is 0.202. The Balaban J connectivity index is 3.18. The van der Waals surface area contributed by atoms with Crippen molar-refractivity contribution in [2.75, 3.05) is 0 Å². The molecule has 0 fully saturated rings. The minimum Gasteiger partial charge on any atom is -0.423 e. The van der Waals surface area contributed by atoms with Crippen LogP contribution in [0.1, 0.15) is 0 Å². The lowest BCUT2D eigenvalue weighted by molar-refractivity contribution is 0.426. The molecule has 0 amide bonds. The quantitative estimate of drug-likeness (QED) is 0.433. The van der Waals surface area contributed by atoms with E-state index in [1.807, 2.05) is 0 Å². The van der Waals surface area contributed by atoms with E-state index in [0.717, 1.165) is 0 Å². The third-order valence-electron chi connectivity index (χ3n) is 1.43. The van der Waals surface area contributed by atoms with Crippen LogP contribution in [0.4, 0.5) is 5.69 Å². The molecule has 0 bridgehead atoms. The predicted molar refractivity (Wildman–Crippen MR) is 56.0 cm³/mol. The summed E-state index contributed by atoms with van der Waals surface area (Å²) < 4.78 is 0. The first-order valence-corrected chi connectivity index (χ1v) is 4.17. The van der Waals surface area contributed by atoms with Crippen LogP contribution in [0, 0.1) is 0 Å². The van der Waals surface area contributed by atoms with Gasteiger partial charge >= 0.3 is 7.12 Å². The first kappa shape index (κ1) is 10.4. The van der Waals surface area contributed by atoms with Gasteiger partial charge in [0.25, 0.3) is 0 Å². The Hall–Kier alpha value is -0.705. The molecule has 0 aromatic heterocycles. The van der Waals surface area contributed by atoms with E-state index in [2.05, 4.69) is 22.4 Å². The smallest absolute Gasteiger partial charge is 0.423 e. The Bertz CT molecular complexity index is 366. The van der Waals surface area contributed by atoms with Crippen molar-refractivity contribution in [1.82, 2.24) is 0 Å². The van der Waals surface area contributed by atoms with Crippen molar-refractivity contribution in [2.24, 2.45) is 4.99 Å². The Kier molecular flexibility index (Phi) is 3.60. The second-order valence-electron chi connectivity index (χ2n) is 2.28. The zero-order chi connectivity index (χ0) is 9.84. The van der Waals surface area contributed by atoms with Crippen molar-refractivity contribution in [2.45, 2.75) is 0 Å². The van der Waals surface area contributed by atoms with Crippen molar-refractivity contribution in [1.29, 1.82) is 0 Å². The molecule has 0 aliphatic heterocycles. The van der Waals surface area contributed by atoms with Crippen LogP contribution in [0.3, 0.4) is 0 Å². The van der Waals surface area contributed by atoms with Gasteiger partial charge in [-0.3, -0.25) is 0 Å². The van der Waals surface area contributed by atoms with Crippen LogP contribution in [-0.4, -0.2) is 22.3 Å². The summed E-state index contributed by atoms with van der Waals surface area (Å²) in [4.78, 5) is 3.67. The number of rotatable bonds is 2. The lowest BCUT2D eigenvalue weighted by Crippen LogP contribution is -2.30. The van der Waals surface area contributed by atoms with Crippen molar-refractivity contribution >= 4 is 47.2 Å². The summed E-state index contributed by atoms with van der Waals surface area (Å²) in [6, 6.07) is 4.56. The summed E-state index contributed by atoms with van der Waals surface area (Å²) in [7, 11) is -1.60. The fourth-order valence-corrected chi connectivity index (χ4v) is 1.17. The van der Waals surface area contributed by atoms with E-state index in [1.54, 1.807) is 6.07 Å². The average Bonchev–Trinajstić information content (AvgIpc) is 2.08. The topological polar surface area (TPSA) is 52.8 Å². The molecule has 0 radical (unpaired) electrons. The maximum absolute atomic E-state index is 8.88. The lowest BCUT2D eigenvalue weighted by Gasteiger charge is -2.02. The highest BCUT2D eigenvalue weighted by Gasteiger charge is 2.15. The number of aliphatic imine (C=N–C) groups is 1. The molecule has 0 aliphatic carbocycles. The van der Waals surface area contributed by atoms with E-state index in [4.69, 9.17) is 21.6 Å². The molecule has 2 N–H and O–H groups in total. The maximum Gasteiger partial charge on any atom is 0.490 e. The van der Waals surface area contributed by atoms with E-state index in [0.29, 0.717) is 5.69 Å². The normalized spacial score (nSPS) is 9.15. The van der Waals surface area contributed by atoms with Gasteiger partial charge in [-0.15, -0.1) is 0 Å². The molecule has 0 heterocycles. The Labute approximate surface area is 85.8 Å². The highest BCUT2D eigenvalue weighted by molar-refractivity contribution is 7.78. The Morgan fingerprint density at radius 1 is 1.46 bits per heavy atom. The molecule has 6 heteroatoms. The van der Waals surface area contributed by atoms with Crippen LogP contribution in [-0.2, 0) is 0 Å². The summed E-state index contributed by atoms with van der Waals surface area (Å²) >= 11 is 10.1. The first-order chi connectivity index (χ1) is 6.15. The zero-order valence-electron chi connectivity index (χ0n) is 6.44. The van der Waals surface area contributed by atoms with Crippen molar-refractivity contribution < 1.29 is 10.0 Å². The second kappa shape index (κ2) is 4.51. The summed E-state index contributed by atoms with van der Waals surface area (Å²) in [5, 5.41) is 20.2. The fourth-order valence-electron chi connectivity index (χ4n) is 0.851. The molecule has 0 atom stereocenters. The molecule has 3 nitrogen and oxygen atoms in total. The molecular weight excluding hydrogens is 208 g/mol. The second-order valence-corrected chi connectivity index (χ2v) is 2.87. The first-order valence-electron chi connectivity index (χ1n) is 3.38. The molecule has 1 aromatic carbocycles. The molecule has 0 saturated carbocycles. The molecule has 0 aliphatic rings. The number of isothiocyanates is 1. The fraction of sp³-hybridized carbons (Fsp3) is 0. The van der Waals surface area contributed by atoms with Gasteiger partial charge in [0.05, 0.1) is 10.8 Å². The third kappa shape index (κ3) is 2.62. The molecule has 0 saturated heterocycles. The van der Waals surface area contributed by atoms with Crippen LogP contribution in [0.5, 0.6) is 0 Å². The summed E-state index contributed by atoms with van der Waals surface area (Å²) in [6.07, 6.45) is 0. The van der Waals surface area contributed by atoms with Crippen LogP contribution in [0.15, 0.2) is 23.2 Å². The van der Waals surface area contributed by atoms with Crippen LogP contribution < -0.4 is 5.46 Å². The maximum atomic E-state index is 8.88. The lowest BCUT2D eigenvalue weighted by atomic mass is 9.80. The van der Waals surface area contributed by atoms with Gasteiger partial charge in [0.1, 0.15) is 0 Å². The molecule has 0 spiro atoms. The van der Waals surface area contributed by atoms with E-state index in [1.165, 1.54) is 12.1 Å². The number of halogens is 1. The number of nitrogens with zero attached hydrogens (tertiary/aromatic N) is 1. The number of thiocarbonyl (C=S) groups is 1. The number of hydrogen-bond donors (Lipinski definition) is 2. The van der Waals surface area contributed by atoms with Crippen LogP contribution in [0.2, 0.25) is 5.02 Å². The minimum atomic E-state index is -1.60. The van der Waals surface area contributed by atoms with Gasteiger partial charge in [-0.1, -0.05) is 11.6 Å². The zero-order valence-corrected chi connectivity index (χ0v) is 8.01. The SMILES string of the molecule is OB(O)c1cc(N=C=S)ccc1Cl. The monoisotopic (exact) mass is 213 g/mol. The van der Waals surface area contributed by atoms with E-state index in [-0.39, 0.29) is 10.5 Å². The summed E-state index contributed by atoms with van der Waals surface area (Å²) in [5.74, 6) is 0. The van der Waals surface area contributed by atoms with Gasteiger partial charge in [-0.05, 0) is 30.4 Å². The molecular formula is C7H5BClNO2S. The number of benzene rings is 1. The summed E-state index contributed by atoms with van der Waals surface area (Å²) in [6.45, 7) is 0. The molecule has 0 unspecified atom stereocenters. The van der Waals surface area contributed by atoms with Crippen molar-refractivity contribution in [3.63, 3.8) is 0 Å². The third-order valence-corrected chi connectivity index (χ3v) is 1.87. The van der Waals surface area contributed by atoms with Gasteiger partial charge in [0.2, 0.25) is 0 Å². The van der Waals surface area contributed by atoms with Crippen LogP contribution >= 0.6 is 23.8 Å². The average molecular weight is 213 g/mol. The largest absolute Gasteiger partial charge is 0.490 e. The van der Waals surface area contributed by atoms with Crippen molar-refractivity contribution in [3.8, 4) is 0 Å². The van der Waals surface area contributed by atoms with E-state index >= 15 is 0 Å².